The van der Waals surface area contributed by atoms with E-state index in [1.165, 1.54) is 11.3 Å². The molecular formula is C17H17NO3S. The number of benzene rings is 1. The molecule has 1 heterocycles. The average molecular weight is 315 g/mol. The van der Waals surface area contributed by atoms with E-state index in [4.69, 9.17) is 11.2 Å². The van der Waals surface area contributed by atoms with E-state index in [1.807, 2.05) is 17.5 Å². The van der Waals surface area contributed by atoms with Crippen molar-refractivity contribution in [3.8, 4) is 18.1 Å². The fourth-order valence-electron chi connectivity index (χ4n) is 1.85. The maximum Gasteiger partial charge on any atom is 0.251 e. The Morgan fingerprint density at radius 2 is 2.14 bits per heavy atom. The first-order valence-electron chi connectivity index (χ1n) is 6.74. The molecule has 0 fully saturated rings. The zero-order chi connectivity index (χ0) is 16.0. The third-order valence-electron chi connectivity index (χ3n) is 3.08. The lowest BCUT2D eigenvalue weighted by Gasteiger charge is -2.22. The van der Waals surface area contributed by atoms with Crippen molar-refractivity contribution in [1.29, 1.82) is 0 Å². The van der Waals surface area contributed by atoms with Crippen LogP contribution in [0.3, 0.4) is 0 Å². The molecule has 2 N–H and O–H groups in total. The van der Waals surface area contributed by atoms with Crippen LogP contribution < -0.4 is 10.1 Å². The summed E-state index contributed by atoms with van der Waals surface area (Å²) in [5, 5.41) is 15.0. The van der Waals surface area contributed by atoms with Gasteiger partial charge in [0.05, 0.1) is 6.54 Å². The van der Waals surface area contributed by atoms with Gasteiger partial charge in [-0.1, -0.05) is 12.0 Å². The van der Waals surface area contributed by atoms with Gasteiger partial charge in [0, 0.05) is 10.4 Å². The molecule has 114 valence electrons. The van der Waals surface area contributed by atoms with Gasteiger partial charge in [-0.15, -0.1) is 17.8 Å². The monoisotopic (exact) mass is 315 g/mol. The van der Waals surface area contributed by atoms with Crippen LogP contribution in [0.1, 0.15) is 22.2 Å². The van der Waals surface area contributed by atoms with E-state index in [-0.39, 0.29) is 19.1 Å². The zero-order valence-corrected chi connectivity index (χ0v) is 13.0. The Kier molecular flexibility index (Phi) is 5.21. The van der Waals surface area contributed by atoms with Crippen molar-refractivity contribution >= 4 is 17.2 Å². The highest BCUT2D eigenvalue weighted by Crippen LogP contribution is 2.24. The summed E-state index contributed by atoms with van der Waals surface area (Å²) in [5.41, 5.74) is -0.588. The zero-order valence-electron chi connectivity index (χ0n) is 12.2. The van der Waals surface area contributed by atoms with Crippen molar-refractivity contribution in [2.45, 2.75) is 12.5 Å². The van der Waals surface area contributed by atoms with Gasteiger partial charge in [0.2, 0.25) is 0 Å². The van der Waals surface area contributed by atoms with Crippen molar-refractivity contribution in [1.82, 2.24) is 5.32 Å². The summed E-state index contributed by atoms with van der Waals surface area (Å²) in [6.07, 6.45) is 5.11. The second-order valence-electron chi connectivity index (χ2n) is 4.95. The van der Waals surface area contributed by atoms with E-state index in [0.29, 0.717) is 11.3 Å². The third-order valence-corrected chi connectivity index (χ3v) is 4.21. The minimum Gasteiger partial charge on any atom is -0.481 e. The van der Waals surface area contributed by atoms with Gasteiger partial charge >= 0.3 is 0 Å². The van der Waals surface area contributed by atoms with Crippen LogP contribution in [-0.2, 0) is 5.60 Å². The average Bonchev–Trinajstić information content (AvgIpc) is 3.06. The number of carbonyl (C=O) groups excluding carboxylic acids is 1. The number of nitrogens with one attached hydrogen (secondary N) is 1. The smallest absolute Gasteiger partial charge is 0.251 e. The molecule has 1 atom stereocenters. The number of amides is 1. The lowest BCUT2D eigenvalue weighted by Crippen LogP contribution is -2.38. The van der Waals surface area contributed by atoms with Crippen LogP contribution >= 0.6 is 11.3 Å². The highest BCUT2D eigenvalue weighted by molar-refractivity contribution is 7.10. The molecule has 4 nitrogen and oxygen atoms in total. The van der Waals surface area contributed by atoms with Crippen LogP contribution in [0.25, 0.3) is 0 Å². The summed E-state index contributed by atoms with van der Waals surface area (Å²) in [4.78, 5) is 12.9. The molecule has 0 aliphatic carbocycles. The molecule has 1 unspecified atom stereocenters. The summed E-state index contributed by atoms with van der Waals surface area (Å²) < 4.78 is 5.25. The first kappa shape index (κ1) is 16.1. The number of hydrogen-bond donors (Lipinski definition) is 2. The first-order chi connectivity index (χ1) is 10.5. The molecule has 1 amide bonds. The fraction of sp³-hybridized carbons (Fsp3) is 0.235. The molecule has 0 aliphatic rings. The molecule has 22 heavy (non-hydrogen) atoms. The predicted molar refractivity (Wildman–Crippen MR) is 87.0 cm³/mol. The molecule has 0 saturated heterocycles. The van der Waals surface area contributed by atoms with Gasteiger partial charge in [-0.2, -0.15) is 0 Å². The Morgan fingerprint density at radius 3 is 2.73 bits per heavy atom. The fourth-order valence-corrected chi connectivity index (χ4v) is 2.64. The Labute approximate surface area is 133 Å². The summed E-state index contributed by atoms with van der Waals surface area (Å²) in [5.74, 6) is 2.74. The SMILES string of the molecule is C#CCOc1ccc(C(=O)NCC(C)(O)c2cccs2)cc1. The van der Waals surface area contributed by atoms with E-state index in [0.717, 1.165) is 4.88 Å². The second kappa shape index (κ2) is 7.12. The Morgan fingerprint density at radius 1 is 1.41 bits per heavy atom. The largest absolute Gasteiger partial charge is 0.481 e. The van der Waals surface area contributed by atoms with Crippen LogP contribution in [0.2, 0.25) is 0 Å². The number of aliphatic hydroxyl groups is 1. The third kappa shape index (κ3) is 4.10. The number of thiophene rings is 1. The molecule has 2 aromatic rings. The maximum atomic E-state index is 12.1. The van der Waals surface area contributed by atoms with Crippen LogP contribution in [-0.4, -0.2) is 24.2 Å². The van der Waals surface area contributed by atoms with Crippen molar-refractivity contribution in [3.05, 3.63) is 52.2 Å². The van der Waals surface area contributed by atoms with E-state index < -0.39 is 5.60 Å². The van der Waals surface area contributed by atoms with Gasteiger partial charge in [0.1, 0.15) is 18.0 Å². The molecule has 1 aromatic carbocycles. The van der Waals surface area contributed by atoms with Crippen LogP contribution in [0.15, 0.2) is 41.8 Å². The maximum absolute atomic E-state index is 12.1. The van der Waals surface area contributed by atoms with Gasteiger partial charge in [0.15, 0.2) is 0 Å². The van der Waals surface area contributed by atoms with E-state index in [2.05, 4.69) is 11.2 Å². The molecule has 2 rings (SSSR count). The number of terminal acetylenes is 1. The van der Waals surface area contributed by atoms with Gasteiger partial charge in [-0.05, 0) is 42.6 Å². The minimum absolute atomic E-state index is 0.141. The van der Waals surface area contributed by atoms with Gasteiger partial charge < -0.3 is 15.2 Å². The summed E-state index contributed by atoms with van der Waals surface area (Å²) in [7, 11) is 0. The van der Waals surface area contributed by atoms with Gasteiger partial charge in [0.25, 0.3) is 5.91 Å². The van der Waals surface area contributed by atoms with Crippen LogP contribution in [0.5, 0.6) is 5.75 Å². The Balaban J connectivity index is 1.93. The Bertz CT molecular complexity index is 654. The molecule has 0 spiro atoms. The second-order valence-corrected chi connectivity index (χ2v) is 5.90. The minimum atomic E-state index is -1.08. The number of rotatable bonds is 6. The van der Waals surface area contributed by atoms with E-state index in [9.17, 15) is 9.90 Å². The standard InChI is InChI=1S/C17H17NO3S/c1-3-10-21-14-8-6-13(7-9-14)16(19)18-12-17(2,20)15-5-4-11-22-15/h1,4-9,11,20H,10,12H2,2H3,(H,18,19). The van der Waals surface area contributed by atoms with E-state index in [1.54, 1.807) is 31.2 Å². The topological polar surface area (TPSA) is 58.6 Å². The van der Waals surface area contributed by atoms with Crippen molar-refractivity contribution < 1.29 is 14.6 Å². The number of ether oxygens (including phenoxy) is 1. The van der Waals surface area contributed by atoms with Crippen molar-refractivity contribution in [3.63, 3.8) is 0 Å². The van der Waals surface area contributed by atoms with Gasteiger partial charge in [-0.25, -0.2) is 0 Å². The molecular weight excluding hydrogens is 298 g/mol. The molecule has 0 saturated carbocycles. The number of carbonyl (C=O) groups is 1. The van der Waals surface area contributed by atoms with Crippen LogP contribution in [0.4, 0.5) is 0 Å². The molecule has 5 heteroatoms. The van der Waals surface area contributed by atoms with Gasteiger partial charge in [-0.3, -0.25) is 4.79 Å². The number of hydrogen-bond acceptors (Lipinski definition) is 4. The van der Waals surface area contributed by atoms with Crippen molar-refractivity contribution in [2.75, 3.05) is 13.2 Å². The Hall–Kier alpha value is -2.29. The summed E-state index contributed by atoms with van der Waals surface area (Å²) in [6, 6.07) is 10.4. The highest BCUT2D eigenvalue weighted by atomic mass is 32.1. The highest BCUT2D eigenvalue weighted by Gasteiger charge is 2.25. The summed E-state index contributed by atoms with van der Waals surface area (Å²) in [6.45, 7) is 2.01. The summed E-state index contributed by atoms with van der Waals surface area (Å²) >= 11 is 1.45. The molecule has 0 aliphatic heterocycles. The molecule has 0 radical (unpaired) electrons. The lowest BCUT2D eigenvalue weighted by atomic mass is 10.1. The molecule has 1 aromatic heterocycles. The predicted octanol–water partition coefficient (Wildman–Crippen LogP) is 2.40. The van der Waals surface area contributed by atoms with Crippen molar-refractivity contribution in [2.24, 2.45) is 0 Å². The molecule has 0 bridgehead atoms. The van der Waals surface area contributed by atoms with E-state index >= 15 is 0 Å². The van der Waals surface area contributed by atoms with Crippen LogP contribution in [0, 0.1) is 12.3 Å². The quantitative estimate of drug-likeness (QED) is 0.805. The normalized spacial score (nSPS) is 13.0. The first-order valence-corrected chi connectivity index (χ1v) is 7.62. The lowest BCUT2D eigenvalue weighted by molar-refractivity contribution is 0.0557.